The number of aromatic nitrogens is 2. The topological polar surface area (TPSA) is 81.2 Å². The van der Waals surface area contributed by atoms with Gasteiger partial charge in [0, 0.05) is 0 Å². The molecule has 0 aliphatic rings. The number of aliphatic hydroxyl groups excluding tert-OH is 1. The maximum absolute atomic E-state index is 10.5. The Labute approximate surface area is 85.3 Å². The number of imidazole rings is 1. The molecule has 0 amide bonds. The van der Waals surface area contributed by atoms with Crippen molar-refractivity contribution in [3.63, 3.8) is 0 Å². The average Bonchev–Trinajstić information content (AvgIpc) is 2.48. The highest BCUT2D eigenvalue weighted by atomic mass is 35.5. The Bertz CT molecular complexity index is 339. The third-order valence-electron chi connectivity index (χ3n) is 1.77. The van der Waals surface area contributed by atoms with Gasteiger partial charge in [-0.1, -0.05) is 4.98 Å². The molecule has 0 aromatic carbocycles. The Morgan fingerprint density at radius 1 is 1.86 bits per heavy atom. The van der Waals surface area contributed by atoms with Crippen molar-refractivity contribution in [1.82, 2.24) is 9.55 Å². The Morgan fingerprint density at radius 3 is 3.00 bits per heavy atom. The van der Waals surface area contributed by atoms with Crippen LogP contribution in [0.25, 0.3) is 0 Å². The Hall–Kier alpha value is -1.14. The van der Waals surface area contributed by atoms with E-state index in [1.54, 1.807) is 6.92 Å². The molecule has 1 aromatic rings. The van der Waals surface area contributed by atoms with Gasteiger partial charge < -0.3 is 15.2 Å². The molecule has 0 saturated heterocycles. The van der Waals surface area contributed by atoms with Gasteiger partial charge in [-0.15, -0.1) is 11.6 Å². The molecule has 0 radical (unpaired) electrons. The average molecular weight is 220 g/mol. The highest BCUT2D eigenvalue weighted by Crippen LogP contribution is 2.13. The predicted molar refractivity (Wildman–Crippen MR) is 50.3 cm³/mol. The summed E-state index contributed by atoms with van der Waals surface area (Å²) in [5.74, 6) is -0.235. The van der Waals surface area contributed by atoms with Crippen LogP contribution in [0.15, 0.2) is 6.20 Å². The maximum atomic E-state index is 10.5. The van der Waals surface area contributed by atoms with Crippen molar-refractivity contribution in [3.8, 4) is 0 Å². The molecule has 7 heteroatoms. The van der Waals surface area contributed by atoms with Crippen LogP contribution >= 0.6 is 11.6 Å². The normalized spacial score (nSPS) is 12.8. The predicted octanol–water partition coefficient (Wildman–Crippen LogP) is 0.699. The van der Waals surface area contributed by atoms with Crippen molar-refractivity contribution in [2.45, 2.75) is 19.6 Å². The Balaban J connectivity index is 2.93. The highest BCUT2D eigenvalue weighted by molar-refractivity contribution is 6.18. The van der Waals surface area contributed by atoms with Gasteiger partial charge in [0.15, 0.2) is 0 Å². The second kappa shape index (κ2) is 4.39. The summed E-state index contributed by atoms with van der Waals surface area (Å²) in [6.45, 7) is 1.77. The minimum atomic E-state index is -0.803. The first kappa shape index (κ1) is 10.9. The van der Waals surface area contributed by atoms with Crippen LogP contribution in [-0.2, 0) is 6.54 Å². The molecule has 0 bridgehead atoms. The number of aryl methyl sites for hydroxylation is 1. The molecule has 1 aromatic heterocycles. The molecular formula is C7H10ClN3O3. The zero-order chi connectivity index (χ0) is 10.7. The third-order valence-corrected chi connectivity index (χ3v) is 2.12. The summed E-state index contributed by atoms with van der Waals surface area (Å²) < 4.78 is 1.33. The molecule has 1 N–H and O–H groups in total. The minimum absolute atomic E-state index is 0.0365. The lowest BCUT2D eigenvalue weighted by Gasteiger charge is -2.07. The third kappa shape index (κ3) is 2.21. The van der Waals surface area contributed by atoms with Gasteiger partial charge in [0.1, 0.15) is 11.9 Å². The zero-order valence-corrected chi connectivity index (χ0v) is 8.31. The van der Waals surface area contributed by atoms with Gasteiger partial charge in [-0.3, -0.25) is 0 Å². The minimum Gasteiger partial charge on any atom is -0.390 e. The van der Waals surface area contributed by atoms with E-state index in [9.17, 15) is 15.2 Å². The van der Waals surface area contributed by atoms with Gasteiger partial charge in [-0.05, 0) is 11.8 Å². The summed E-state index contributed by atoms with van der Waals surface area (Å²) in [4.78, 5) is 13.5. The van der Waals surface area contributed by atoms with E-state index in [-0.39, 0.29) is 18.4 Å². The molecular weight excluding hydrogens is 210 g/mol. The largest absolute Gasteiger partial charge is 0.434 e. The van der Waals surface area contributed by atoms with Crippen molar-refractivity contribution in [2.75, 3.05) is 5.88 Å². The number of aliphatic hydroxyl groups is 1. The summed E-state index contributed by atoms with van der Waals surface area (Å²) in [5.41, 5.74) is 0.626. The lowest BCUT2D eigenvalue weighted by atomic mass is 10.4. The van der Waals surface area contributed by atoms with Crippen molar-refractivity contribution in [2.24, 2.45) is 0 Å². The first-order valence-corrected chi connectivity index (χ1v) is 4.50. The summed E-state index contributed by atoms with van der Waals surface area (Å²) in [7, 11) is 0. The van der Waals surface area contributed by atoms with Crippen LogP contribution in [0.3, 0.4) is 0 Å². The van der Waals surface area contributed by atoms with Crippen LogP contribution in [0.5, 0.6) is 0 Å². The molecule has 0 spiro atoms. The molecule has 6 nitrogen and oxygen atoms in total. The van der Waals surface area contributed by atoms with Gasteiger partial charge in [0.05, 0.1) is 18.5 Å². The molecule has 1 heterocycles. The molecule has 14 heavy (non-hydrogen) atoms. The number of alkyl halides is 1. The standard InChI is InChI=1S/C7H10ClN3O3/c1-5-3-9-7(11(13)14)10(5)4-6(12)2-8/h3,6,12H,2,4H2,1H3/t6-/m1/s1. The molecule has 0 saturated carbocycles. The van der Waals surface area contributed by atoms with Crippen LogP contribution in [-0.4, -0.2) is 31.6 Å². The number of nitro groups is 1. The molecule has 0 aliphatic carbocycles. The monoisotopic (exact) mass is 219 g/mol. The van der Waals surface area contributed by atoms with E-state index < -0.39 is 11.0 Å². The van der Waals surface area contributed by atoms with Gasteiger partial charge in [0.25, 0.3) is 0 Å². The number of halogens is 1. The van der Waals surface area contributed by atoms with Crippen LogP contribution in [0, 0.1) is 17.0 Å². The SMILES string of the molecule is Cc1cnc([N+](=O)[O-])n1C[C@H](O)CCl. The number of rotatable bonds is 4. The maximum Gasteiger partial charge on any atom is 0.434 e. The highest BCUT2D eigenvalue weighted by Gasteiger charge is 2.20. The molecule has 0 aliphatic heterocycles. The molecule has 0 fully saturated rings. The van der Waals surface area contributed by atoms with Crippen molar-refractivity contribution < 1.29 is 10.0 Å². The summed E-state index contributed by atoms with van der Waals surface area (Å²) >= 11 is 5.40. The van der Waals surface area contributed by atoms with Gasteiger partial charge in [-0.25, -0.2) is 4.57 Å². The summed E-state index contributed by atoms with van der Waals surface area (Å²) in [6.07, 6.45) is 0.585. The lowest BCUT2D eigenvalue weighted by Crippen LogP contribution is -2.19. The fraction of sp³-hybridized carbons (Fsp3) is 0.571. The second-order valence-electron chi connectivity index (χ2n) is 2.88. The summed E-state index contributed by atoms with van der Waals surface area (Å²) in [5, 5.41) is 19.8. The lowest BCUT2D eigenvalue weighted by molar-refractivity contribution is -0.397. The quantitative estimate of drug-likeness (QED) is 0.459. The van der Waals surface area contributed by atoms with E-state index in [1.165, 1.54) is 10.8 Å². The fourth-order valence-electron chi connectivity index (χ4n) is 1.08. The van der Waals surface area contributed by atoms with Crippen LogP contribution < -0.4 is 0 Å². The van der Waals surface area contributed by atoms with Crippen LogP contribution in [0.2, 0.25) is 0 Å². The fourth-order valence-corrected chi connectivity index (χ4v) is 1.18. The van der Waals surface area contributed by atoms with E-state index in [0.717, 1.165) is 0 Å². The molecule has 1 atom stereocenters. The van der Waals surface area contributed by atoms with E-state index in [2.05, 4.69) is 4.98 Å². The van der Waals surface area contributed by atoms with Crippen molar-refractivity contribution in [1.29, 1.82) is 0 Å². The molecule has 78 valence electrons. The number of nitrogens with zero attached hydrogens (tertiary/aromatic N) is 3. The van der Waals surface area contributed by atoms with Crippen LogP contribution in [0.1, 0.15) is 5.69 Å². The van der Waals surface area contributed by atoms with Crippen molar-refractivity contribution in [3.05, 3.63) is 22.0 Å². The Morgan fingerprint density at radius 2 is 2.50 bits per heavy atom. The van der Waals surface area contributed by atoms with Gasteiger partial charge in [0.2, 0.25) is 0 Å². The number of hydrogen-bond donors (Lipinski definition) is 1. The van der Waals surface area contributed by atoms with E-state index in [4.69, 9.17) is 11.6 Å². The van der Waals surface area contributed by atoms with E-state index in [0.29, 0.717) is 5.69 Å². The van der Waals surface area contributed by atoms with Crippen molar-refractivity contribution >= 4 is 17.5 Å². The van der Waals surface area contributed by atoms with Crippen LogP contribution in [0.4, 0.5) is 5.95 Å². The van der Waals surface area contributed by atoms with Gasteiger partial charge >= 0.3 is 5.95 Å². The van der Waals surface area contributed by atoms with E-state index >= 15 is 0 Å². The molecule has 0 unspecified atom stereocenters. The first-order valence-electron chi connectivity index (χ1n) is 3.96. The van der Waals surface area contributed by atoms with E-state index in [1.807, 2.05) is 0 Å². The summed E-state index contributed by atoms with van der Waals surface area (Å²) in [6, 6.07) is 0. The smallest absolute Gasteiger partial charge is 0.390 e. The molecule has 1 rings (SSSR count). The first-order chi connectivity index (χ1) is 6.56. The second-order valence-corrected chi connectivity index (χ2v) is 3.18. The Kier molecular flexibility index (Phi) is 3.43. The zero-order valence-electron chi connectivity index (χ0n) is 7.55. The van der Waals surface area contributed by atoms with Gasteiger partial charge in [-0.2, -0.15) is 0 Å². The number of hydrogen-bond acceptors (Lipinski definition) is 4.